The van der Waals surface area contributed by atoms with E-state index in [4.69, 9.17) is 5.11 Å². The van der Waals surface area contributed by atoms with Gasteiger partial charge in [0.25, 0.3) is 0 Å². The molecule has 0 amide bonds. The second-order valence-corrected chi connectivity index (χ2v) is 6.46. The molecule has 0 saturated heterocycles. The fraction of sp³-hybridized carbons (Fsp3) is 0.125. The molecule has 7 heteroatoms. The summed E-state index contributed by atoms with van der Waals surface area (Å²) in [5.74, 6) is -2.28. The summed E-state index contributed by atoms with van der Waals surface area (Å²) in [5.41, 5.74) is 0. The van der Waals surface area contributed by atoms with Crippen LogP contribution in [0.1, 0.15) is 0 Å². The number of halogens is 2. The standard InChI is InChI=1S/C8H6Br2O4S/c9-5-1-2-7(6(10)3-5)15(13,14)4-8(11)12/h1-3H,4H2,(H,11,12). The number of hydrogen-bond donors (Lipinski definition) is 1. The SMILES string of the molecule is O=C(O)CS(=O)(=O)c1ccc(Br)cc1Br. The van der Waals surface area contributed by atoms with E-state index in [0.717, 1.165) is 0 Å². The minimum Gasteiger partial charge on any atom is -0.480 e. The summed E-state index contributed by atoms with van der Waals surface area (Å²) in [4.78, 5) is 10.3. The molecule has 1 aromatic carbocycles. The van der Waals surface area contributed by atoms with Crippen LogP contribution < -0.4 is 0 Å². The highest BCUT2D eigenvalue weighted by Crippen LogP contribution is 2.26. The molecule has 0 bridgehead atoms. The van der Waals surface area contributed by atoms with Gasteiger partial charge < -0.3 is 5.11 Å². The van der Waals surface area contributed by atoms with Crippen molar-refractivity contribution in [2.24, 2.45) is 0 Å². The first kappa shape index (κ1) is 12.7. The van der Waals surface area contributed by atoms with Crippen molar-refractivity contribution in [3.63, 3.8) is 0 Å². The van der Waals surface area contributed by atoms with E-state index in [1.165, 1.54) is 6.07 Å². The molecular weight excluding hydrogens is 352 g/mol. The van der Waals surface area contributed by atoms with Crippen molar-refractivity contribution in [2.45, 2.75) is 4.90 Å². The molecule has 82 valence electrons. The van der Waals surface area contributed by atoms with E-state index in [2.05, 4.69) is 31.9 Å². The van der Waals surface area contributed by atoms with Gasteiger partial charge in [-0.25, -0.2) is 8.42 Å². The molecule has 0 spiro atoms. The Labute approximate surface area is 103 Å². The van der Waals surface area contributed by atoms with E-state index >= 15 is 0 Å². The maximum atomic E-state index is 11.5. The van der Waals surface area contributed by atoms with Crippen LogP contribution in [0.15, 0.2) is 32.0 Å². The van der Waals surface area contributed by atoms with Gasteiger partial charge in [-0.15, -0.1) is 0 Å². The Morgan fingerprint density at radius 3 is 2.40 bits per heavy atom. The molecule has 0 aliphatic rings. The van der Waals surface area contributed by atoms with Crippen molar-refractivity contribution in [3.05, 3.63) is 27.1 Å². The van der Waals surface area contributed by atoms with Crippen LogP contribution in [0, 0.1) is 0 Å². The molecule has 1 rings (SSSR count). The highest BCUT2D eigenvalue weighted by molar-refractivity contribution is 9.11. The zero-order chi connectivity index (χ0) is 11.6. The van der Waals surface area contributed by atoms with Crippen LogP contribution in [0.3, 0.4) is 0 Å². The first-order chi connectivity index (χ1) is 6.83. The largest absolute Gasteiger partial charge is 0.480 e. The third kappa shape index (κ3) is 3.29. The fourth-order valence-corrected chi connectivity index (χ4v) is 3.87. The third-order valence-corrected chi connectivity index (χ3v) is 4.61. The van der Waals surface area contributed by atoms with Crippen molar-refractivity contribution in [1.82, 2.24) is 0 Å². The predicted molar refractivity (Wildman–Crippen MR) is 61.5 cm³/mol. The van der Waals surface area contributed by atoms with Crippen LogP contribution in [0.4, 0.5) is 0 Å². The van der Waals surface area contributed by atoms with E-state index in [9.17, 15) is 13.2 Å². The van der Waals surface area contributed by atoms with Gasteiger partial charge in [0.1, 0.15) is 0 Å². The lowest BCUT2D eigenvalue weighted by Crippen LogP contribution is -2.15. The summed E-state index contributed by atoms with van der Waals surface area (Å²) in [7, 11) is -3.77. The molecule has 0 unspecified atom stereocenters. The summed E-state index contributed by atoms with van der Waals surface area (Å²) in [5, 5.41) is 8.45. The van der Waals surface area contributed by atoms with E-state index in [1.54, 1.807) is 12.1 Å². The topological polar surface area (TPSA) is 71.4 Å². The van der Waals surface area contributed by atoms with Crippen molar-refractivity contribution < 1.29 is 18.3 Å². The highest BCUT2D eigenvalue weighted by atomic mass is 79.9. The summed E-state index contributed by atoms with van der Waals surface area (Å²) in [6.45, 7) is 0. The maximum absolute atomic E-state index is 11.5. The lowest BCUT2D eigenvalue weighted by atomic mass is 10.4. The average molecular weight is 358 g/mol. The molecule has 0 aliphatic heterocycles. The van der Waals surface area contributed by atoms with Gasteiger partial charge in [0.15, 0.2) is 15.6 Å². The summed E-state index contributed by atoms with van der Waals surface area (Å²) < 4.78 is 24.2. The number of carboxylic acid groups (broad SMARTS) is 1. The highest BCUT2D eigenvalue weighted by Gasteiger charge is 2.21. The molecular formula is C8H6Br2O4S. The summed E-state index contributed by atoms with van der Waals surface area (Å²) in [6, 6.07) is 4.45. The monoisotopic (exact) mass is 356 g/mol. The van der Waals surface area contributed by atoms with Gasteiger partial charge in [0.05, 0.1) is 4.90 Å². The zero-order valence-corrected chi connectivity index (χ0v) is 11.3. The van der Waals surface area contributed by atoms with Crippen molar-refractivity contribution in [3.8, 4) is 0 Å². The van der Waals surface area contributed by atoms with Gasteiger partial charge in [-0.05, 0) is 34.1 Å². The second kappa shape index (κ2) is 4.63. The first-order valence-electron chi connectivity index (χ1n) is 3.72. The lowest BCUT2D eigenvalue weighted by Gasteiger charge is -2.04. The number of hydrogen-bond acceptors (Lipinski definition) is 3. The normalized spacial score (nSPS) is 11.3. The number of benzene rings is 1. The van der Waals surface area contributed by atoms with E-state index in [-0.39, 0.29) is 4.90 Å². The smallest absolute Gasteiger partial charge is 0.319 e. The number of carboxylic acids is 1. The molecule has 0 fully saturated rings. The van der Waals surface area contributed by atoms with Gasteiger partial charge in [0.2, 0.25) is 0 Å². The molecule has 15 heavy (non-hydrogen) atoms. The first-order valence-corrected chi connectivity index (χ1v) is 6.96. The maximum Gasteiger partial charge on any atom is 0.319 e. The van der Waals surface area contributed by atoms with Gasteiger partial charge in [0, 0.05) is 8.95 Å². The van der Waals surface area contributed by atoms with Crippen LogP contribution in [0.25, 0.3) is 0 Å². The minimum atomic E-state index is -3.77. The Morgan fingerprint density at radius 2 is 1.93 bits per heavy atom. The van der Waals surface area contributed by atoms with Crippen molar-refractivity contribution >= 4 is 47.7 Å². The molecule has 0 saturated carbocycles. The van der Waals surface area contributed by atoms with Crippen LogP contribution in [-0.4, -0.2) is 25.2 Å². The van der Waals surface area contributed by atoms with Crippen LogP contribution in [0.2, 0.25) is 0 Å². The Kier molecular flexibility index (Phi) is 3.91. The van der Waals surface area contributed by atoms with Gasteiger partial charge >= 0.3 is 5.97 Å². The molecule has 1 N–H and O–H groups in total. The van der Waals surface area contributed by atoms with Crippen molar-refractivity contribution in [1.29, 1.82) is 0 Å². The van der Waals surface area contributed by atoms with E-state index < -0.39 is 21.6 Å². The number of carbonyl (C=O) groups is 1. The van der Waals surface area contributed by atoms with Gasteiger partial charge in [-0.1, -0.05) is 15.9 Å². The molecule has 4 nitrogen and oxygen atoms in total. The quantitative estimate of drug-likeness (QED) is 0.898. The Morgan fingerprint density at radius 1 is 1.33 bits per heavy atom. The number of aliphatic carboxylic acids is 1. The molecule has 0 aromatic heterocycles. The third-order valence-electron chi connectivity index (χ3n) is 1.54. The average Bonchev–Trinajstić information content (AvgIpc) is 1.99. The van der Waals surface area contributed by atoms with Gasteiger partial charge in [-0.3, -0.25) is 4.79 Å². The minimum absolute atomic E-state index is 0.0203. The predicted octanol–water partition coefficient (Wildman–Crippen LogP) is 2.07. The second-order valence-electron chi connectivity index (χ2n) is 2.73. The van der Waals surface area contributed by atoms with Crippen LogP contribution in [-0.2, 0) is 14.6 Å². The Balaban J connectivity index is 3.22. The Hall–Kier alpha value is -0.400. The molecule has 1 aromatic rings. The van der Waals surface area contributed by atoms with E-state index in [0.29, 0.717) is 8.95 Å². The molecule has 0 radical (unpaired) electrons. The molecule has 0 atom stereocenters. The summed E-state index contributed by atoms with van der Waals surface area (Å²) in [6.07, 6.45) is 0. The number of rotatable bonds is 3. The summed E-state index contributed by atoms with van der Waals surface area (Å²) >= 11 is 6.24. The van der Waals surface area contributed by atoms with E-state index in [1.807, 2.05) is 0 Å². The van der Waals surface area contributed by atoms with Crippen molar-refractivity contribution in [2.75, 3.05) is 5.75 Å². The Bertz CT molecular complexity index is 495. The lowest BCUT2D eigenvalue weighted by molar-refractivity contribution is -0.134. The molecule has 0 aliphatic carbocycles. The van der Waals surface area contributed by atoms with Crippen LogP contribution in [0.5, 0.6) is 0 Å². The van der Waals surface area contributed by atoms with Crippen LogP contribution >= 0.6 is 31.9 Å². The fourth-order valence-electron chi connectivity index (χ4n) is 0.968. The van der Waals surface area contributed by atoms with Gasteiger partial charge in [-0.2, -0.15) is 0 Å². The molecule has 0 heterocycles. The number of sulfone groups is 1. The zero-order valence-electron chi connectivity index (χ0n) is 7.28.